The number of anilines is 2. The Kier molecular flexibility index (Phi) is 4.83. The molecule has 0 heterocycles. The van der Waals surface area contributed by atoms with E-state index < -0.39 is 5.82 Å². The summed E-state index contributed by atoms with van der Waals surface area (Å²) in [6.07, 6.45) is 0.679. The first-order valence-corrected chi connectivity index (χ1v) is 5.82. The highest BCUT2D eigenvalue weighted by molar-refractivity contribution is 5.94. The van der Waals surface area contributed by atoms with Crippen molar-refractivity contribution in [3.63, 3.8) is 0 Å². The zero-order valence-corrected chi connectivity index (χ0v) is 10.7. The number of rotatable bonds is 4. The predicted molar refractivity (Wildman–Crippen MR) is 68.8 cm³/mol. The molecule has 0 radical (unpaired) electrons. The second kappa shape index (κ2) is 6.14. The minimum absolute atomic E-state index is 0.0755. The largest absolute Gasteiger partial charge is 0.326 e. The Bertz CT molecular complexity index is 460. The van der Waals surface area contributed by atoms with Crippen LogP contribution in [0.5, 0.6) is 0 Å². The minimum atomic E-state index is -0.527. The predicted octanol–water partition coefficient (Wildman–Crippen LogP) is 2.77. The lowest BCUT2D eigenvalue weighted by atomic mass is 10.1. The van der Waals surface area contributed by atoms with Gasteiger partial charge in [-0.1, -0.05) is 13.8 Å². The van der Waals surface area contributed by atoms with Crippen molar-refractivity contribution in [1.29, 1.82) is 0 Å². The topological polar surface area (TPSA) is 58.2 Å². The standard InChI is InChI=1S/C13H17FN2O2/c1-4-8(2)13(18)16-12-7-10(15-9(3)17)5-6-11(12)14/h5-8H,4H2,1-3H3,(H,15,17)(H,16,18)/t8-/m0/s1. The molecular formula is C13H17FN2O2. The molecule has 1 aromatic rings. The van der Waals surface area contributed by atoms with E-state index in [9.17, 15) is 14.0 Å². The molecule has 0 aliphatic heterocycles. The summed E-state index contributed by atoms with van der Waals surface area (Å²) < 4.78 is 13.5. The first kappa shape index (κ1) is 14.2. The van der Waals surface area contributed by atoms with Gasteiger partial charge in [0.25, 0.3) is 0 Å². The van der Waals surface area contributed by atoms with Gasteiger partial charge in [0, 0.05) is 18.5 Å². The van der Waals surface area contributed by atoms with Gasteiger partial charge in [-0.2, -0.15) is 0 Å². The lowest BCUT2D eigenvalue weighted by molar-refractivity contribution is -0.119. The van der Waals surface area contributed by atoms with Crippen LogP contribution in [0.3, 0.4) is 0 Å². The average Bonchev–Trinajstić information content (AvgIpc) is 2.31. The van der Waals surface area contributed by atoms with E-state index in [1.165, 1.54) is 25.1 Å². The number of carbonyl (C=O) groups is 2. The zero-order valence-electron chi connectivity index (χ0n) is 10.7. The van der Waals surface area contributed by atoms with Gasteiger partial charge < -0.3 is 10.6 Å². The fourth-order valence-electron chi connectivity index (χ4n) is 1.34. The van der Waals surface area contributed by atoms with Gasteiger partial charge >= 0.3 is 0 Å². The molecular weight excluding hydrogens is 235 g/mol. The molecule has 5 heteroatoms. The van der Waals surface area contributed by atoms with Crippen LogP contribution in [0.25, 0.3) is 0 Å². The Labute approximate surface area is 106 Å². The van der Waals surface area contributed by atoms with Crippen LogP contribution in [0.1, 0.15) is 27.2 Å². The molecule has 1 aromatic carbocycles. The third-order valence-electron chi connectivity index (χ3n) is 2.60. The van der Waals surface area contributed by atoms with E-state index in [4.69, 9.17) is 0 Å². The van der Waals surface area contributed by atoms with Gasteiger partial charge in [0.15, 0.2) is 0 Å². The van der Waals surface area contributed by atoms with E-state index in [1.54, 1.807) is 6.92 Å². The quantitative estimate of drug-likeness (QED) is 0.865. The summed E-state index contributed by atoms with van der Waals surface area (Å²) in [5.41, 5.74) is 0.523. The summed E-state index contributed by atoms with van der Waals surface area (Å²) in [5, 5.41) is 5.04. The third-order valence-corrected chi connectivity index (χ3v) is 2.60. The van der Waals surface area contributed by atoms with Gasteiger partial charge in [-0.15, -0.1) is 0 Å². The Hall–Kier alpha value is -1.91. The van der Waals surface area contributed by atoms with Crippen LogP contribution in [-0.2, 0) is 9.59 Å². The van der Waals surface area contributed by atoms with Crippen LogP contribution in [0, 0.1) is 11.7 Å². The van der Waals surface area contributed by atoms with Crippen LogP contribution in [-0.4, -0.2) is 11.8 Å². The summed E-state index contributed by atoms with van der Waals surface area (Å²) in [5.74, 6) is -1.20. The van der Waals surface area contributed by atoms with Crippen molar-refractivity contribution in [1.82, 2.24) is 0 Å². The van der Waals surface area contributed by atoms with Gasteiger partial charge in [-0.05, 0) is 24.6 Å². The lowest BCUT2D eigenvalue weighted by Gasteiger charge is -2.12. The first-order valence-electron chi connectivity index (χ1n) is 5.82. The van der Waals surface area contributed by atoms with E-state index in [2.05, 4.69) is 10.6 Å². The van der Waals surface area contributed by atoms with Crippen molar-refractivity contribution in [2.45, 2.75) is 27.2 Å². The monoisotopic (exact) mass is 252 g/mol. The van der Waals surface area contributed by atoms with E-state index in [-0.39, 0.29) is 23.4 Å². The molecule has 0 spiro atoms. The van der Waals surface area contributed by atoms with Crippen molar-refractivity contribution in [3.05, 3.63) is 24.0 Å². The van der Waals surface area contributed by atoms with Crippen molar-refractivity contribution in [2.24, 2.45) is 5.92 Å². The van der Waals surface area contributed by atoms with Crippen molar-refractivity contribution in [3.8, 4) is 0 Å². The highest BCUT2D eigenvalue weighted by Crippen LogP contribution is 2.20. The SMILES string of the molecule is CC[C@H](C)C(=O)Nc1cc(NC(C)=O)ccc1F. The number of hydrogen-bond acceptors (Lipinski definition) is 2. The number of carbonyl (C=O) groups excluding carboxylic acids is 2. The average molecular weight is 252 g/mol. The molecule has 0 aliphatic carbocycles. The van der Waals surface area contributed by atoms with Crippen LogP contribution in [0.15, 0.2) is 18.2 Å². The van der Waals surface area contributed by atoms with E-state index in [0.717, 1.165) is 0 Å². The van der Waals surface area contributed by atoms with Crippen molar-refractivity contribution >= 4 is 23.2 Å². The molecule has 18 heavy (non-hydrogen) atoms. The maximum absolute atomic E-state index is 13.5. The summed E-state index contributed by atoms with van der Waals surface area (Å²) in [6, 6.07) is 4.05. The Morgan fingerprint density at radius 3 is 2.56 bits per heavy atom. The number of hydrogen-bond donors (Lipinski definition) is 2. The highest BCUT2D eigenvalue weighted by atomic mass is 19.1. The third kappa shape index (κ3) is 3.84. The molecule has 0 saturated carbocycles. The summed E-state index contributed by atoms with van der Waals surface area (Å²) >= 11 is 0. The van der Waals surface area contributed by atoms with Gasteiger partial charge in [-0.25, -0.2) is 4.39 Å². The maximum atomic E-state index is 13.5. The maximum Gasteiger partial charge on any atom is 0.227 e. The molecule has 0 saturated heterocycles. The molecule has 1 rings (SSSR count). The second-order valence-electron chi connectivity index (χ2n) is 4.17. The normalized spacial score (nSPS) is 11.8. The lowest BCUT2D eigenvalue weighted by Crippen LogP contribution is -2.20. The Balaban J connectivity index is 2.87. The van der Waals surface area contributed by atoms with Gasteiger partial charge in [0.2, 0.25) is 11.8 Å². The number of halogens is 1. The van der Waals surface area contributed by atoms with Gasteiger partial charge in [0.1, 0.15) is 5.82 Å². The first-order chi connectivity index (χ1) is 8.43. The van der Waals surface area contributed by atoms with Crippen LogP contribution >= 0.6 is 0 Å². The molecule has 0 aliphatic rings. The smallest absolute Gasteiger partial charge is 0.227 e. The number of benzene rings is 1. The van der Waals surface area contributed by atoms with E-state index in [0.29, 0.717) is 12.1 Å². The Morgan fingerprint density at radius 1 is 1.33 bits per heavy atom. The number of nitrogens with one attached hydrogen (secondary N) is 2. The Morgan fingerprint density at radius 2 is 2.00 bits per heavy atom. The molecule has 2 amide bonds. The van der Waals surface area contributed by atoms with Gasteiger partial charge in [0.05, 0.1) is 5.69 Å². The zero-order chi connectivity index (χ0) is 13.7. The van der Waals surface area contributed by atoms with E-state index >= 15 is 0 Å². The molecule has 1 atom stereocenters. The summed E-state index contributed by atoms with van der Waals surface area (Å²) in [6.45, 7) is 5.01. The molecule has 0 bridgehead atoms. The van der Waals surface area contributed by atoms with Crippen LogP contribution < -0.4 is 10.6 Å². The summed E-state index contributed by atoms with van der Waals surface area (Å²) in [4.78, 5) is 22.6. The molecule has 4 nitrogen and oxygen atoms in total. The van der Waals surface area contributed by atoms with Gasteiger partial charge in [-0.3, -0.25) is 9.59 Å². The molecule has 0 unspecified atom stereocenters. The molecule has 2 N–H and O–H groups in total. The summed E-state index contributed by atoms with van der Waals surface area (Å²) in [7, 11) is 0. The molecule has 0 fully saturated rings. The van der Waals surface area contributed by atoms with E-state index in [1.807, 2.05) is 6.92 Å². The molecule has 98 valence electrons. The highest BCUT2D eigenvalue weighted by Gasteiger charge is 2.13. The minimum Gasteiger partial charge on any atom is -0.326 e. The number of amides is 2. The van der Waals surface area contributed by atoms with Crippen LogP contribution in [0.2, 0.25) is 0 Å². The molecule has 0 aromatic heterocycles. The van der Waals surface area contributed by atoms with Crippen molar-refractivity contribution in [2.75, 3.05) is 10.6 Å². The van der Waals surface area contributed by atoms with Crippen LogP contribution in [0.4, 0.5) is 15.8 Å². The fraction of sp³-hybridized carbons (Fsp3) is 0.385. The second-order valence-corrected chi connectivity index (χ2v) is 4.17. The fourth-order valence-corrected chi connectivity index (χ4v) is 1.34. The van der Waals surface area contributed by atoms with Crippen molar-refractivity contribution < 1.29 is 14.0 Å².